The average Bonchev–Trinajstić information content (AvgIpc) is 2.52. The summed E-state index contributed by atoms with van der Waals surface area (Å²) < 4.78 is 11.4. The Morgan fingerprint density at radius 3 is 2.70 bits per heavy atom. The highest BCUT2D eigenvalue weighted by Crippen LogP contribution is 2.20. The van der Waals surface area contributed by atoms with Crippen molar-refractivity contribution in [3.63, 3.8) is 0 Å². The Balaban J connectivity index is 1.82. The van der Waals surface area contributed by atoms with Gasteiger partial charge in [-0.05, 0) is 19.9 Å². The molecule has 0 bridgehead atoms. The van der Waals surface area contributed by atoms with Crippen LogP contribution < -0.4 is 5.73 Å². The number of nitrogens with two attached hydrogens (primary N) is 1. The highest BCUT2D eigenvalue weighted by molar-refractivity contribution is 5.84. The molecule has 1 heterocycles. The fraction of sp³-hybridized carbons (Fsp3) is 0.875. The van der Waals surface area contributed by atoms with Crippen LogP contribution in [0.5, 0.6) is 0 Å². The highest BCUT2D eigenvalue weighted by atomic mass is 16.5. The number of nitrogens with zero attached hydrogens (tertiary/aromatic N) is 2. The molecule has 0 aromatic rings. The van der Waals surface area contributed by atoms with Crippen LogP contribution in [0.4, 0.5) is 0 Å². The van der Waals surface area contributed by atoms with Crippen LogP contribution in [-0.4, -0.2) is 80.3 Å². The summed E-state index contributed by atoms with van der Waals surface area (Å²) in [6.45, 7) is 2.56. The van der Waals surface area contributed by atoms with Gasteiger partial charge in [0.1, 0.15) is 6.61 Å². The third-order valence-electron chi connectivity index (χ3n) is 4.46. The molecule has 0 unspecified atom stereocenters. The molecule has 2 N–H and O–H groups in total. The largest absolute Gasteiger partial charge is 0.374 e. The van der Waals surface area contributed by atoms with Gasteiger partial charge in [-0.15, -0.1) is 0 Å². The van der Waals surface area contributed by atoms with Crippen molar-refractivity contribution in [3.8, 4) is 0 Å². The molecule has 2 rings (SSSR count). The van der Waals surface area contributed by atoms with Crippen molar-refractivity contribution in [1.29, 1.82) is 0 Å². The number of rotatable bonds is 7. The minimum absolute atomic E-state index is 0.0144. The maximum atomic E-state index is 12.4. The van der Waals surface area contributed by atoms with Gasteiger partial charge in [0.05, 0.1) is 25.4 Å². The molecular formula is C16H29N3O4. The van der Waals surface area contributed by atoms with Gasteiger partial charge in [0, 0.05) is 19.6 Å². The zero-order valence-corrected chi connectivity index (χ0v) is 14.0. The van der Waals surface area contributed by atoms with Gasteiger partial charge in [0.2, 0.25) is 11.8 Å². The van der Waals surface area contributed by atoms with E-state index in [-0.39, 0.29) is 31.3 Å². The molecule has 0 aromatic heterocycles. The molecule has 2 fully saturated rings. The van der Waals surface area contributed by atoms with Crippen molar-refractivity contribution >= 4 is 11.8 Å². The lowest BCUT2D eigenvalue weighted by molar-refractivity contribution is -0.144. The van der Waals surface area contributed by atoms with Crippen LogP contribution in [-0.2, 0) is 19.1 Å². The van der Waals surface area contributed by atoms with E-state index < -0.39 is 5.91 Å². The van der Waals surface area contributed by atoms with Gasteiger partial charge in [-0.2, -0.15) is 0 Å². The van der Waals surface area contributed by atoms with E-state index in [1.54, 1.807) is 0 Å². The second-order valence-electron chi connectivity index (χ2n) is 6.57. The van der Waals surface area contributed by atoms with Gasteiger partial charge >= 0.3 is 0 Å². The lowest BCUT2D eigenvalue weighted by atomic mass is 9.98. The molecule has 132 valence electrons. The standard InChI is InChI=1S/C16H29N3O4/c1-18-7-8-22-14(9-18)10-19(11-15(17)20)16(21)12-23-13-5-3-2-4-6-13/h13-14H,2-12H2,1H3,(H2,17,20)/t14-/m0/s1. The molecule has 1 saturated carbocycles. The fourth-order valence-corrected chi connectivity index (χ4v) is 3.18. The lowest BCUT2D eigenvalue weighted by Crippen LogP contribution is -2.50. The average molecular weight is 327 g/mol. The monoisotopic (exact) mass is 327 g/mol. The Kier molecular flexibility index (Phi) is 7.26. The van der Waals surface area contributed by atoms with Crippen LogP contribution in [0.25, 0.3) is 0 Å². The van der Waals surface area contributed by atoms with Crippen LogP contribution in [0.1, 0.15) is 32.1 Å². The van der Waals surface area contributed by atoms with Crippen LogP contribution >= 0.6 is 0 Å². The Hall–Kier alpha value is -1.18. The quantitative estimate of drug-likeness (QED) is 0.710. The Labute approximate surface area is 138 Å². The first-order valence-electron chi connectivity index (χ1n) is 8.52. The van der Waals surface area contributed by atoms with Crippen molar-refractivity contribution < 1.29 is 19.1 Å². The minimum Gasteiger partial charge on any atom is -0.374 e. The molecule has 7 nitrogen and oxygen atoms in total. The van der Waals surface area contributed by atoms with Crippen molar-refractivity contribution in [3.05, 3.63) is 0 Å². The maximum absolute atomic E-state index is 12.4. The van der Waals surface area contributed by atoms with Crippen LogP contribution in [0, 0.1) is 0 Å². The third kappa shape index (κ3) is 6.45. The molecule has 1 atom stereocenters. The molecule has 2 aliphatic rings. The number of hydrogen-bond acceptors (Lipinski definition) is 5. The van der Waals surface area contributed by atoms with Crippen molar-refractivity contribution in [1.82, 2.24) is 9.80 Å². The first-order chi connectivity index (χ1) is 11.0. The number of likely N-dealkylation sites (N-methyl/N-ethyl adjacent to an activating group) is 1. The molecule has 0 radical (unpaired) electrons. The Bertz CT molecular complexity index is 399. The number of amides is 2. The summed E-state index contributed by atoms with van der Waals surface area (Å²) in [5.41, 5.74) is 5.28. The molecule has 1 saturated heterocycles. The molecule has 0 spiro atoms. The summed E-state index contributed by atoms with van der Waals surface area (Å²) in [4.78, 5) is 27.3. The normalized spacial score (nSPS) is 23.6. The maximum Gasteiger partial charge on any atom is 0.249 e. The van der Waals surface area contributed by atoms with E-state index in [0.29, 0.717) is 13.2 Å². The number of morpholine rings is 1. The van der Waals surface area contributed by atoms with Gasteiger partial charge in [-0.3, -0.25) is 9.59 Å². The van der Waals surface area contributed by atoms with E-state index in [9.17, 15) is 9.59 Å². The molecule has 23 heavy (non-hydrogen) atoms. The number of ether oxygens (including phenoxy) is 2. The predicted octanol–water partition coefficient (Wildman–Crippen LogP) is -0.0198. The summed E-state index contributed by atoms with van der Waals surface area (Å²) in [6, 6.07) is 0. The molecule has 7 heteroatoms. The zero-order chi connectivity index (χ0) is 16.7. The minimum atomic E-state index is -0.514. The number of primary amides is 1. The second-order valence-corrected chi connectivity index (χ2v) is 6.57. The van der Waals surface area contributed by atoms with Crippen molar-refractivity contribution in [2.45, 2.75) is 44.3 Å². The molecule has 1 aliphatic heterocycles. The first kappa shape index (κ1) is 18.2. The molecular weight excluding hydrogens is 298 g/mol. The number of carbonyl (C=O) groups excluding carboxylic acids is 2. The van der Waals surface area contributed by atoms with E-state index in [4.69, 9.17) is 15.2 Å². The summed E-state index contributed by atoms with van der Waals surface area (Å²) in [5, 5.41) is 0. The highest BCUT2D eigenvalue weighted by Gasteiger charge is 2.25. The van der Waals surface area contributed by atoms with E-state index in [2.05, 4.69) is 4.90 Å². The zero-order valence-electron chi connectivity index (χ0n) is 14.0. The SMILES string of the molecule is CN1CCO[C@H](CN(CC(N)=O)C(=O)COC2CCCCC2)C1. The Morgan fingerprint density at radius 1 is 1.30 bits per heavy atom. The van der Waals surface area contributed by atoms with Crippen molar-refractivity contribution in [2.75, 3.05) is 46.4 Å². The molecule has 2 amide bonds. The summed E-state index contributed by atoms with van der Waals surface area (Å²) >= 11 is 0. The molecule has 1 aliphatic carbocycles. The smallest absolute Gasteiger partial charge is 0.249 e. The topological polar surface area (TPSA) is 85.1 Å². The van der Waals surface area contributed by atoms with Crippen LogP contribution in [0.3, 0.4) is 0 Å². The summed E-state index contributed by atoms with van der Waals surface area (Å²) in [7, 11) is 2.02. The predicted molar refractivity (Wildman–Crippen MR) is 85.8 cm³/mol. The second kappa shape index (κ2) is 9.20. The van der Waals surface area contributed by atoms with Crippen LogP contribution in [0.2, 0.25) is 0 Å². The van der Waals surface area contributed by atoms with Gasteiger partial charge < -0.3 is 25.0 Å². The van der Waals surface area contributed by atoms with Gasteiger partial charge in [0.25, 0.3) is 0 Å². The first-order valence-corrected chi connectivity index (χ1v) is 8.52. The van der Waals surface area contributed by atoms with Gasteiger partial charge in [-0.1, -0.05) is 19.3 Å². The van der Waals surface area contributed by atoms with E-state index in [1.165, 1.54) is 11.3 Å². The lowest BCUT2D eigenvalue weighted by Gasteiger charge is -2.33. The number of carbonyl (C=O) groups is 2. The summed E-state index contributed by atoms with van der Waals surface area (Å²) in [6.07, 6.45) is 5.66. The van der Waals surface area contributed by atoms with E-state index >= 15 is 0 Å². The van der Waals surface area contributed by atoms with Crippen LogP contribution in [0.15, 0.2) is 0 Å². The van der Waals surface area contributed by atoms with Crippen molar-refractivity contribution in [2.24, 2.45) is 5.73 Å². The van der Waals surface area contributed by atoms with Gasteiger partial charge in [-0.25, -0.2) is 0 Å². The molecule has 0 aromatic carbocycles. The third-order valence-corrected chi connectivity index (χ3v) is 4.46. The Morgan fingerprint density at radius 2 is 2.04 bits per heavy atom. The summed E-state index contributed by atoms with van der Waals surface area (Å²) in [5.74, 6) is -0.702. The number of hydrogen-bond donors (Lipinski definition) is 1. The van der Waals surface area contributed by atoms with Gasteiger partial charge in [0.15, 0.2) is 0 Å². The van der Waals surface area contributed by atoms with E-state index in [0.717, 1.165) is 38.8 Å². The fourth-order valence-electron chi connectivity index (χ4n) is 3.18. The van der Waals surface area contributed by atoms with E-state index in [1.807, 2.05) is 7.05 Å².